The number of hydrogen-bond donors (Lipinski definition) is 0. The summed E-state index contributed by atoms with van der Waals surface area (Å²) in [5.74, 6) is 0. The Morgan fingerprint density at radius 1 is 1.00 bits per heavy atom. The van der Waals surface area contributed by atoms with Crippen LogP contribution < -0.4 is 0 Å². The summed E-state index contributed by atoms with van der Waals surface area (Å²) in [4.78, 5) is 5.63. The molecular weight excluding hydrogens is 228 g/mol. The lowest BCUT2D eigenvalue weighted by molar-refractivity contribution is -0.255. The van der Waals surface area contributed by atoms with E-state index in [9.17, 15) is 0 Å². The molecule has 0 fully saturated rings. The number of rotatable bonds is 7. The molecule has 96 valence electrons. The third-order valence-corrected chi connectivity index (χ3v) is 7.89. The second-order valence-electron chi connectivity index (χ2n) is 4.48. The first kappa shape index (κ1) is 14.4. The van der Waals surface area contributed by atoms with Crippen LogP contribution in [0.15, 0.2) is 30.3 Å². The van der Waals surface area contributed by atoms with E-state index >= 15 is 0 Å². The summed E-state index contributed by atoms with van der Waals surface area (Å²) >= 11 is 0. The van der Waals surface area contributed by atoms with Crippen molar-refractivity contribution in [2.24, 2.45) is 0 Å². The van der Waals surface area contributed by atoms with E-state index in [1.54, 1.807) is 0 Å². The molecule has 0 unspecified atom stereocenters. The summed E-state index contributed by atoms with van der Waals surface area (Å²) in [7, 11) is -1.64. The van der Waals surface area contributed by atoms with Crippen LogP contribution in [0.4, 0.5) is 0 Å². The van der Waals surface area contributed by atoms with E-state index in [1.165, 1.54) is 5.56 Å². The van der Waals surface area contributed by atoms with Gasteiger partial charge in [-0.05, 0) is 30.6 Å². The maximum absolute atomic E-state index is 5.83. The Balaban J connectivity index is 2.55. The van der Waals surface area contributed by atoms with Crippen LogP contribution >= 0.6 is 0 Å². The van der Waals surface area contributed by atoms with Gasteiger partial charge in [0.2, 0.25) is 8.32 Å². The van der Waals surface area contributed by atoms with Gasteiger partial charge in [0.1, 0.15) is 6.10 Å². The fraction of sp³-hybridized carbons (Fsp3) is 0.571. The van der Waals surface area contributed by atoms with Crippen molar-refractivity contribution >= 4 is 8.32 Å². The molecule has 0 amide bonds. The van der Waals surface area contributed by atoms with E-state index in [-0.39, 0.29) is 6.10 Å². The molecule has 1 atom stereocenters. The summed E-state index contributed by atoms with van der Waals surface area (Å²) in [5, 5.41) is 0. The zero-order valence-electron chi connectivity index (χ0n) is 11.4. The predicted octanol–water partition coefficient (Wildman–Crippen LogP) is 4.70. The lowest BCUT2D eigenvalue weighted by Crippen LogP contribution is -2.36. The van der Waals surface area contributed by atoms with Crippen LogP contribution in [0, 0.1) is 0 Å². The Kier molecular flexibility index (Phi) is 5.89. The standard InChI is InChI=1S/C14H24O2Si/c1-5-17(6-2,7-3)16-15-13(4)14-11-9-8-10-12-14/h8-13H,5-7H2,1-4H3/t13-/m0/s1. The molecule has 0 saturated heterocycles. The highest BCUT2D eigenvalue weighted by molar-refractivity contribution is 6.73. The molecule has 0 radical (unpaired) electrons. The van der Waals surface area contributed by atoms with Gasteiger partial charge in [0.05, 0.1) is 0 Å². The van der Waals surface area contributed by atoms with Crippen LogP contribution in [0.3, 0.4) is 0 Å². The molecule has 0 N–H and O–H groups in total. The normalized spacial score (nSPS) is 13.6. The van der Waals surface area contributed by atoms with Crippen molar-refractivity contribution in [2.75, 3.05) is 0 Å². The fourth-order valence-corrected chi connectivity index (χ4v) is 4.08. The third kappa shape index (κ3) is 3.94. The van der Waals surface area contributed by atoms with Gasteiger partial charge in [-0.2, -0.15) is 0 Å². The fourth-order valence-electron chi connectivity index (χ4n) is 1.88. The Hall–Kier alpha value is -0.643. The van der Waals surface area contributed by atoms with E-state index in [0.717, 1.165) is 18.1 Å². The molecule has 17 heavy (non-hydrogen) atoms. The Morgan fingerprint density at radius 3 is 2.00 bits per heavy atom. The minimum absolute atomic E-state index is 0.00715. The largest absolute Gasteiger partial charge is 0.286 e. The van der Waals surface area contributed by atoms with Gasteiger partial charge in [-0.3, -0.25) is 4.58 Å². The Labute approximate surface area is 106 Å². The quantitative estimate of drug-likeness (QED) is 0.398. The van der Waals surface area contributed by atoms with Gasteiger partial charge in [-0.15, -0.1) is 0 Å². The van der Waals surface area contributed by atoms with E-state index in [2.05, 4.69) is 32.9 Å². The first-order chi connectivity index (χ1) is 8.17. The Bertz CT molecular complexity index is 301. The molecule has 0 bridgehead atoms. The second kappa shape index (κ2) is 6.94. The molecule has 0 aromatic heterocycles. The van der Waals surface area contributed by atoms with Crippen molar-refractivity contribution < 1.29 is 9.46 Å². The van der Waals surface area contributed by atoms with Crippen LogP contribution in [0.25, 0.3) is 0 Å². The molecule has 0 spiro atoms. The maximum atomic E-state index is 5.83. The van der Waals surface area contributed by atoms with Crippen LogP contribution in [0.1, 0.15) is 39.4 Å². The molecule has 0 aliphatic carbocycles. The van der Waals surface area contributed by atoms with Crippen molar-refractivity contribution in [3.63, 3.8) is 0 Å². The zero-order valence-corrected chi connectivity index (χ0v) is 12.4. The molecule has 3 heteroatoms. The van der Waals surface area contributed by atoms with Gasteiger partial charge >= 0.3 is 0 Å². The van der Waals surface area contributed by atoms with Crippen molar-refractivity contribution in [2.45, 2.75) is 51.9 Å². The summed E-state index contributed by atoms with van der Waals surface area (Å²) in [6.45, 7) is 8.65. The third-order valence-electron chi connectivity index (χ3n) is 3.57. The zero-order chi connectivity index (χ0) is 12.7. The van der Waals surface area contributed by atoms with E-state index < -0.39 is 8.32 Å². The lowest BCUT2D eigenvalue weighted by Gasteiger charge is -2.27. The molecule has 2 nitrogen and oxygen atoms in total. The van der Waals surface area contributed by atoms with Crippen LogP contribution in [-0.4, -0.2) is 8.32 Å². The summed E-state index contributed by atoms with van der Waals surface area (Å²) in [5.41, 5.74) is 1.17. The second-order valence-corrected chi connectivity index (χ2v) is 9.13. The van der Waals surface area contributed by atoms with Crippen molar-refractivity contribution in [1.29, 1.82) is 0 Å². The molecule has 1 aromatic rings. The summed E-state index contributed by atoms with van der Waals surface area (Å²) in [6, 6.07) is 13.5. The van der Waals surface area contributed by atoms with Crippen LogP contribution in [0.5, 0.6) is 0 Å². The summed E-state index contributed by atoms with van der Waals surface area (Å²) < 4.78 is 5.83. The van der Waals surface area contributed by atoms with Gasteiger partial charge in [-0.25, -0.2) is 4.89 Å². The van der Waals surface area contributed by atoms with Gasteiger partial charge in [-0.1, -0.05) is 51.1 Å². The van der Waals surface area contributed by atoms with Crippen LogP contribution in [0.2, 0.25) is 18.1 Å². The topological polar surface area (TPSA) is 18.5 Å². The Morgan fingerprint density at radius 2 is 1.53 bits per heavy atom. The van der Waals surface area contributed by atoms with Crippen LogP contribution in [-0.2, 0) is 9.46 Å². The molecule has 0 aliphatic rings. The van der Waals surface area contributed by atoms with Crippen molar-refractivity contribution in [3.05, 3.63) is 35.9 Å². The number of hydrogen-bond acceptors (Lipinski definition) is 2. The monoisotopic (exact) mass is 252 g/mol. The molecular formula is C14H24O2Si. The first-order valence-corrected chi connectivity index (χ1v) is 9.09. The summed E-state index contributed by atoms with van der Waals surface area (Å²) in [6.07, 6.45) is 0.00715. The molecule has 1 aromatic carbocycles. The van der Waals surface area contributed by atoms with E-state index in [0.29, 0.717) is 0 Å². The van der Waals surface area contributed by atoms with Crippen molar-refractivity contribution in [3.8, 4) is 0 Å². The minimum atomic E-state index is -1.64. The van der Waals surface area contributed by atoms with Gasteiger partial charge in [0, 0.05) is 0 Å². The minimum Gasteiger partial charge on any atom is -0.286 e. The maximum Gasteiger partial charge on any atom is 0.238 e. The van der Waals surface area contributed by atoms with Crippen molar-refractivity contribution in [1.82, 2.24) is 0 Å². The molecule has 0 aliphatic heterocycles. The smallest absolute Gasteiger partial charge is 0.238 e. The lowest BCUT2D eigenvalue weighted by atomic mass is 10.1. The van der Waals surface area contributed by atoms with Gasteiger partial charge < -0.3 is 0 Å². The first-order valence-electron chi connectivity index (χ1n) is 6.57. The highest BCUT2D eigenvalue weighted by Gasteiger charge is 2.31. The van der Waals surface area contributed by atoms with E-state index in [1.807, 2.05) is 25.1 Å². The highest BCUT2D eigenvalue weighted by atomic mass is 28.4. The highest BCUT2D eigenvalue weighted by Crippen LogP contribution is 2.25. The van der Waals surface area contributed by atoms with Gasteiger partial charge in [0.15, 0.2) is 0 Å². The number of benzene rings is 1. The average molecular weight is 252 g/mol. The SMILES string of the molecule is CC[Si](CC)(CC)OO[C@@H](C)c1ccccc1. The van der Waals surface area contributed by atoms with Gasteiger partial charge in [0.25, 0.3) is 0 Å². The molecule has 1 rings (SSSR count). The average Bonchev–Trinajstić information content (AvgIpc) is 2.41. The van der Waals surface area contributed by atoms with E-state index in [4.69, 9.17) is 9.46 Å². The molecule has 0 saturated carbocycles. The predicted molar refractivity (Wildman–Crippen MR) is 74.2 cm³/mol. The molecule has 0 heterocycles.